The molecule has 2 heterocycles. The second kappa shape index (κ2) is 46.9. The van der Waals surface area contributed by atoms with Crippen LogP contribution in [0.1, 0.15) is 251 Å². The molecule has 0 bridgehead atoms. The molecule has 0 spiro atoms. The van der Waals surface area contributed by atoms with Crippen molar-refractivity contribution >= 4 is 11.9 Å². The first kappa shape index (κ1) is 69.1. The molecular weight excluding hydrogens is 961 g/mol. The van der Waals surface area contributed by atoms with Crippen molar-refractivity contribution in [3.8, 4) is 0 Å². The fourth-order valence-corrected chi connectivity index (χ4v) is 9.72. The Morgan fingerprint density at radius 2 is 0.800 bits per heavy atom. The van der Waals surface area contributed by atoms with Gasteiger partial charge in [-0.25, -0.2) is 0 Å². The first-order valence-corrected chi connectivity index (χ1v) is 30.4. The molecule has 11 unspecified atom stereocenters. The molecule has 2 fully saturated rings. The lowest BCUT2D eigenvalue weighted by molar-refractivity contribution is -0.332. The van der Waals surface area contributed by atoms with Gasteiger partial charge in [0, 0.05) is 12.8 Å². The van der Waals surface area contributed by atoms with Crippen LogP contribution in [0.25, 0.3) is 0 Å². The number of carbonyl (C=O) groups excluding carboxylic acids is 2. The van der Waals surface area contributed by atoms with E-state index < -0.39 is 92.7 Å². The van der Waals surface area contributed by atoms with Crippen LogP contribution in [0.5, 0.6) is 0 Å². The van der Waals surface area contributed by atoms with Crippen molar-refractivity contribution in [2.24, 2.45) is 0 Å². The highest BCUT2D eigenvalue weighted by Crippen LogP contribution is 2.27. The number of esters is 2. The number of unbranched alkanes of at least 4 members (excludes halogenated alkanes) is 31. The van der Waals surface area contributed by atoms with Gasteiger partial charge in [-0.05, 0) is 44.9 Å². The predicted octanol–water partition coefficient (Wildman–Crippen LogP) is 10.7. The van der Waals surface area contributed by atoms with E-state index in [4.69, 9.17) is 28.4 Å². The lowest BCUT2D eigenvalue weighted by Gasteiger charge is -2.42. The van der Waals surface area contributed by atoms with Crippen molar-refractivity contribution in [3.63, 3.8) is 0 Å². The number of hydrogen-bond donors (Lipinski definition) is 7. The summed E-state index contributed by atoms with van der Waals surface area (Å²) in [6.45, 7) is 2.61. The van der Waals surface area contributed by atoms with Gasteiger partial charge in [-0.2, -0.15) is 0 Å². The van der Waals surface area contributed by atoms with E-state index >= 15 is 0 Å². The monoisotopic (exact) mass is 1070 g/mol. The van der Waals surface area contributed by atoms with Gasteiger partial charge in [0.25, 0.3) is 0 Å². The lowest BCUT2D eigenvalue weighted by Crippen LogP contribution is -2.61. The molecule has 2 saturated heterocycles. The molecule has 15 nitrogen and oxygen atoms in total. The van der Waals surface area contributed by atoms with E-state index in [9.17, 15) is 45.3 Å². The zero-order valence-corrected chi connectivity index (χ0v) is 47.0. The standard InChI is InChI=1S/C60H110O15/c1-3-5-7-9-11-13-15-17-19-21-22-23-24-25-26-27-29-30-32-34-36-38-40-42-51(62)70-45-48(73-52(63)43-41-39-37-35-33-31-28-20-18-16-14-12-10-8-6-4-2)46-71-59-58(69)56(67)54(65)50(75-59)47-72-60-57(68)55(66)53(64)49(44-61)74-60/h14,16,20,28,48-50,53-61,64-69H,3-13,15,17-19,21-27,29-47H2,1-2H3/b16-14-,28-20-. The maximum absolute atomic E-state index is 13.1. The maximum atomic E-state index is 13.1. The first-order chi connectivity index (χ1) is 36.5. The fourth-order valence-electron chi connectivity index (χ4n) is 9.72. The molecule has 7 N–H and O–H groups in total. The van der Waals surface area contributed by atoms with Crippen LogP contribution in [0.4, 0.5) is 0 Å². The number of hydrogen-bond acceptors (Lipinski definition) is 15. The van der Waals surface area contributed by atoms with Crippen LogP contribution in [-0.2, 0) is 38.0 Å². The molecular formula is C60H110O15. The van der Waals surface area contributed by atoms with Crippen LogP contribution >= 0.6 is 0 Å². The number of aliphatic hydroxyl groups excluding tert-OH is 7. The maximum Gasteiger partial charge on any atom is 0.306 e. The van der Waals surface area contributed by atoms with Crippen molar-refractivity contribution in [3.05, 3.63) is 24.3 Å². The molecule has 0 aromatic rings. The molecule has 2 aliphatic heterocycles. The van der Waals surface area contributed by atoms with E-state index in [1.807, 2.05) is 0 Å². The van der Waals surface area contributed by atoms with Crippen molar-refractivity contribution in [2.45, 2.75) is 319 Å². The number of ether oxygens (including phenoxy) is 6. The molecule has 0 aliphatic carbocycles. The second-order valence-electron chi connectivity index (χ2n) is 21.5. The van der Waals surface area contributed by atoms with Gasteiger partial charge in [0.2, 0.25) is 0 Å². The highest BCUT2D eigenvalue weighted by atomic mass is 16.7. The largest absolute Gasteiger partial charge is 0.462 e. The third-order valence-electron chi connectivity index (χ3n) is 14.7. The summed E-state index contributed by atoms with van der Waals surface area (Å²) in [6.07, 6.45) is 34.9. The van der Waals surface area contributed by atoms with Gasteiger partial charge >= 0.3 is 11.9 Å². The number of rotatable bonds is 49. The van der Waals surface area contributed by atoms with Crippen molar-refractivity contribution < 1.29 is 73.8 Å². The SMILES string of the molecule is CCCCCC/C=C\C/C=C\CCCCCCCC(=O)OC(COC(=O)CCCCCCCCCCCCCCCCCCCCCCCCC)COC1OC(COC2OC(CO)C(O)C(O)C2O)C(O)C(O)C1O. The summed E-state index contributed by atoms with van der Waals surface area (Å²) in [4.78, 5) is 25.9. The molecule has 440 valence electrons. The Bertz CT molecular complexity index is 1400. The lowest BCUT2D eigenvalue weighted by atomic mass is 9.98. The Balaban J connectivity index is 1.72. The van der Waals surface area contributed by atoms with Gasteiger partial charge < -0.3 is 64.2 Å². The summed E-state index contributed by atoms with van der Waals surface area (Å²) in [7, 11) is 0. The summed E-state index contributed by atoms with van der Waals surface area (Å²) < 4.78 is 33.7. The van der Waals surface area contributed by atoms with Crippen LogP contribution in [-0.4, -0.2) is 142 Å². The third-order valence-corrected chi connectivity index (χ3v) is 14.7. The van der Waals surface area contributed by atoms with Crippen LogP contribution in [0.15, 0.2) is 24.3 Å². The van der Waals surface area contributed by atoms with E-state index in [0.717, 1.165) is 64.2 Å². The minimum absolute atomic E-state index is 0.152. The van der Waals surface area contributed by atoms with Gasteiger partial charge in [-0.3, -0.25) is 9.59 Å². The van der Waals surface area contributed by atoms with Gasteiger partial charge in [0.15, 0.2) is 18.7 Å². The summed E-state index contributed by atoms with van der Waals surface area (Å²) in [5, 5.41) is 72.3. The fraction of sp³-hybridized carbons (Fsp3) is 0.900. The number of aliphatic hydroxyl groups is 7. The highest BCUT2D eigenvalue weighted by Gasteiger charge is 2.47. The molecule has 0 aromatic heterocycles. The van der Waals surface area contributed by atoms with E-state index in [-0.39, 0.29) is 26.1 Å². The van der Waals surface area contributed by atoms with Crippen molar-refractivity contribution in [1.82, 2.24) is 0 Å². The summed E-state index contributed by atoms with van der Waals surface area (Å²) >= 11 is 0. The normalized spacial score (nSPS) is 24.6. The van der Waals surface area contributed by atoms with Gasteiger partial charge in [-0.15, -0.1) is 0 Å². The van der Waals surface area contributed by atoms with E-state index in [0.29, 0.717) is 12.8 Å². The molecule has 0 radical (unpaired) electrons. The van der Waals surface area contributed by atoms with Gasteiger partial charge in [0.05, 0.1) is 19.8 Å². The van der Waals surface area contributed by atoms with Crippen LogP contribution < -0.4 is 0 Å². The predicted molar refractivity (Wildman–Crippen MR) is 294 cm³/mol. The van der Waals surface area contributed by atoms with Crippen molar-refractivity contribution in [1.29, 1.82) is 0 Å². The quantitative estimate of drug-likeness (QED) is 0.0171. The van der Waals surface area contributed by atoms with Gasteiger partial charge in [0.1, 0.15) is 55.4 Å². The molecule has 0 aromatic carbocycles. The zero-order valence-electron chi connectivity index (χ0n) is 47.0. The van der Waals surface area contributed by atoms with Gasteiger partial charge in [-0.1, -0.05) is 218 Å². The van der Waals surface area contributed by atoms with Crippen molar-refractivity contribution in [2.75, 3.05) is 26.4 Å². The topological polar surface area (TPSA) is 231 Å². The minimum Gasteiger partial charge on any atom is -0.462 e. The average molecular weight is 1070 g/mol. The minimum atomic E-state index is -1.77. The first-order valence-electron chi connectivity index (χ1n) is 30.4. The molecule has 0 saturated carbocycles. The van der Waals surface area contributed by atoms with Crippen LogP contribution in [0, 0.1) is 0 Å². The molecule has 2 rings (SSSR count). The highest BCUT2D eigenvalue weighted by molar-refractivity contribution is 5.70. The Hall–Kier alpha value is -2.02. The Morgan fingerprint density at radius 3 is 1.25 bits per heavy atom. The molecule has 75 heavy (non-hydrogen) atoms. The Labute approximate surface area is 453 Å². The second-order valence-corrected chi connectivity index (χ2v) is 21.5. The van der Waals surface area contributed by atoms with E-state index in [1.165, 1.54) is 148 Å². The molecule has 15 heteroatoms. The number of allylic oxidation sites excluding steroid dienone is 4. The Morgan fingerprint density at radius 1 is 0.427 bits per heavy atom. The van der Waals surface area contributed by atoms with E-state index in [2.05, 4.69) is 38.2 Å². The van der Waals surface area contributed by atoms with Crippen LogP contribution in [0.2, 0.25) is 0 Å². The number of carbonyl (C=O) groups is 2. The third kappa shape index (κ3) is 33.9. The molecule has 0 amide bonds. The van der Waals surface area contributed by atoms with Crippen LogP contribution in [0.3, 0.4) is 0 Å². The smallest absolute Gasteiger partial charge is 0.306 e. The average Bonchev–Trinajstić information content (AvgIpc) is 3.40. The summed E-state index contributed by atoms with van der Waals surface area (Å²) in [5.74, 6) is -0.927. The summed E-state index contributed by atoms with van der Waals surface area (Å²) in [5.41, 5.74) is 0. The summed E-state index contributed by atoms with van der Waals surface area (Å²) in [6, 6.07) is 0. The van der Waals surface area contributed by atoms with E-state index in [1.54, 1.807) is 0 Å². The molecule has 2 aliphatic rings. The Kier molecular flexibility index (Phi) is 43.2. The zero-order chi connectivity index (χ0) is 54.6. The molecule has 11 atom stereocenters.